The number of aromatic hydroxyl groups is 1. The maximum atomic E-state index is 13.9. The summed E-state index contributed by atoms with van der Waals surface area (Å²) in [5.41, 5.74) is 0.205. The Hall–Kier alpha value is -2.23. The van der Waals surface area contributed by atoms with Gasteiger partial charge < -0.3 is 20.3 Å². The van der Waals surface area contributed by atoms with Crippen LogP contribution in [-0.2, 0) is 4.79 Å². The number of nitrogens with one attached hydrogen (secondary N) is 1. The van der Waals surface area contributed by atoms with Gasteiger partial charge in [0, 0.05) is 30.6 Å². The van der Waals surface area contributed by atoms with E-state index >= 15 is 0 Å². The molecule has 2 rings (SSSR count). The molecule has 0 saturated heterocycles. The number of aliphatic carboxylic acids is 1. The number of amides is 1. The highest BCUT2D eigenvalue weighted by atomic mass is 127. The van der Waals surface area contributed by atoms with Crippen LogP contribution in [0.4, 0.5) is 8.78 Å². The number of carbonyl (C=O) groups excluding carboxylic acids is 2. The first-order valence-electron chi connectivity index (χ1n) is 6.75. The minimum atomic E-state index is -1.32. The van der Waals surface area contributed by atoms with E-state index in [2.05, 4.69) is 5.32 Å². The minimum Gasteiger partial charge on any atom is -0.550 e. The van der Waals surface area contributed by atoms with Crippen molar-refractivity contribution in [2.75, 3.05) is 6.54 Å². The lowest BCUT2D eigenvalue weighted by Gasteiger charge is -2.12. The number of phenolic OH excluding ortho intramolecular Hbond substituents is 1. The molecule has 0 aliphatic heterocycles. The Morgan fingerprint density at radius 2 is 1.92 bits per heavy atom. The number of rotatable bonds is 5. The van der Waals surface area contributed by atoms with Crippen molar-refractivity contribution in [3.05, 3.63) is 51.1 Å². The van der Waals surface area contributed by atoms with Crippen molar-refractivity contribution in [3.63, 3.8) is 0 Å². The van der Waals surface area contributed by atoms with Crippen LogP contribution in [0, 0.1) is 15.2 Å². The van der Waals surface area contributed by atoms with Crippen LogP contribution in [-0.4, -0.2) is 23.5 Å². The molecule has 0 radical (unpaired) electrons. The van der Waals surface area contributed by atoms with Gasteiger partial charge in [-0.1, -0.05) is 0 Å². The lowest BCUT2D eigenvalue weighted by Crippen LogP contribution is -2.31. The van der Waals surface area contributed by atoms with Crippen LogP contribution in [0.25, 0.3) is 11.1 Å². The van der Waals surface area contributed by atoms with E-state index in [0.717, 1.165) is 6.07 Å². The Morgan fingerprint density at radius 3 is 2.54 bits per heavy atom. The molecule has 0 saturated carbocycles. The molecule has 0 aliphatic rings. The van der Waals surface area contributed by atoms with Crippen molar-refractivity contribution in [1.29, 1.82) is 0 Å². The van der Waals surface area contributed by atoms with Gasteiger partial charge in [0.2, 0.25) is 0 Å². The van der Waals surface area contributed by atoms with E-state index in [-0.39, 0.29) is 35.4 Å². The van der Waals surface area contributed by atoms with Gasteiger partial charge in [-0.3, -0.25) is 4.79 Å². The largest absolute Gasteiger partial charge is 0.550 e. The van der Waals surface area contributed by atoms with Gasteiger partial charge in [0.25, 0.3) is 5.91 Å². The molecule has 0 unspecified atom stereocenters. The van der Waals surface area contributed by atoms with Gasteiger partial charge in [-0.2, -0.15) is 0 Å². The fraction of sp³-hybridized carbons (Fsp3) is 0.125. The van der Waals surface area contributed by atoms with E-state index < -0.39 is 23.5 Å². The van der Waals surface area contributed by atoms with Crippen molar-refractivity contribution in [1.82, 2.24) is 5.32 Å². The molecule has 24 heavy (non-hydrogen) atoms. The number of carbonyl (C=O) groups is 2. The first kappa shape index (κ1) is 18.1. The number of hydrogen-bond donors (Lipinski definition) is 2. The quantitative estimate of drug-likeness (QED) is 0.686. The Kier molecular flexibility index (Phi) is 5.71. The van der Waals surface area contributed by atoms with Crippen LogP contribution in [0.5, 0.6) is 5.75 Å². The molecule has 0 aromatic heterocycles. The summed E-state index contributed by atoms with van der Waals surface area (Å²) >= 11 is 1.77. The van der Waals surface area contributed by atoms with E-state index in [0.29, 0.717) is 9.64 Å². The number of benzene rings is 2. The van der Waals surface area contributed by atoms with E-state index in [1.54, 1.807) is 22.6 Å². The van der Waals surface area contributed by atoms with Gasteiger partial charge in [0.1, 0.15) is 17.4 Å². The van der Waals surface area contributed by atoms with Crippen LogP contribution < -0.4 is 10.4 Å². The van der Waals surface area contributed by atoms with Gasteiger partial charge in [-0.15, -0.1) is 0 Å². The molecule has 5 nitrogen and oxygen atoms in total. The highest BCUT2D eigenvalue weighted by molar-refractivity contribution is 14.1. The zero-order chi connectivity index (χ0) is 17.9. The molecule has 2 N–H and O–H groups in total. The SMILES string of the molecule is O=C([O-])CCNC(=O)c1cc(-c2ccc(F)cc2F)cc(I)c1O. The molecule has 2 aromatic rings. The molecular formula is C16H11F2INO4-. The third kappa shape index (κ3) is 4.19. The van der Waals surface area contributed by atoms with Crippen LogP contribution >= 0.6 is 22.6 Å². The van der Waals surface area contributed by atoms with E-state index in [1.165, 1.54) is 18.2 Å². The second-order valence-corrected chi connectivity index (χ2v) is 6.02. The summed E-state index contributed by atoms with van der Waals surface area (Å²) in [5.74, 6) is -3.88. The summed E-state index contributed by atoms with van der Waals surface area (Å²) in [6, 6.07) is 5.73. The van der Waals surface area contributed by atoms with Crippen LogP contribution in [0.15, 0.2) is 30.3 Å². The lowest BCUT2D eigenvalue weighted by molar-refractivity contribution is -0.305. The number of halogens is 3. The molecule has 1 amide bonds. The molecule has 0 heterocycles. The molecule has 0 fully saturated rings. The van der Waals surface area contributed by atoms with E-state index in [1.807, 2.05) is 0 Å². The summed E-state index contributed by atoms with van der Waals surface area (Å²) in [5, 5.41) is 22.7. The molecule has 8 heteroatoms. The number of carboxylic acid groups (broad SMARTS) is 1. The van der Waals surface area contributed by atoms with Crippen LogP contribution in [0.1, 0.15) is 16.8 Å². The molecule has 0 atom stereocenters. The maximum Gasteiger partial charge on any atom is 0.255 e. The van der Waals surface area contributed by atoms with Gasteiger partial charge >= 0.3 is 0 Å². The normalized spacial score (nSPS) is 10.5. The maximum absolute atomic E-state index is 13.9. The molecule has 2 aromatic carbocycles. The first-order chi connectivity index (χ1) is 11.3. The van der Waals surface area contributed by atoms with Crippen LogP contribution in [0.3, 0.4) is 0 Å². The Morgan fingerprint density at radius 1 is 1.21 bits per heavy atom. The number of phenols is 1. The smallest absolute Gasteiger partial charge is 0.255 e. The van der Waals surface area contributed by atoms with Gasteiger partial charge in [0.15, 0.2) is 0 Å². The van der Waals surface area contributed by atoms with E-state index in [4.69, 9.17) is 0 Å². The number of carboxylic acids is 1. The van der Waals surface area contributed by atoms with Crippen LogP contribution in [0.2, 0.25) is 0 Å². The van der Waals surface area contributed by atoms with Crippen molar-refractivity contribution in [3.8, 4) is 16.9 Å². The second kappa shape index (κ2) is 7.56. The predicted molar refractivity (Wildman–Crippen MR) is 88.1 cm³/mol. The fourth-order valence-electron chi connectivity index (χ4n) is 2.02. The Balaban J connectivity index is 2.37. The summed E-state index contributed by atoms with van der Waals surface area (Å²) in [6.45, 7) is -0.174. The molecule has 126 valence electrons. The standard InChI is InChI=1S/C16H12F2INO4/c17-9-1-2-10(12(18)7-9)8-5-11(15(23)13(19)6-8)16(24)20-4-3-14(21)22/h1-2,5-7,23H,3-4H2,(H,20,24)(H,21,22)/p-1. The average molecular weight is 446 g/mol. The fourth-order valence-corrected chi connectivity index (χ4v) is 2.65. The second-order valence-electron chi connectivity index (χ2n) is 4.86. The van der Waals surface area contributed by atoms with Gasteiger partial charge in [-0.05, 0) is 52.4 Å². The van der Waals surface area contributed by atoms with Crippen molar-refractivity contribution in [2.45, 2.75) is 6.42 Å². The lowest BCUT2D eigenvalue weighted by atomic mass is 10.0. The van der Waals surface area contributed by atoms with Crippen molar-refractivity contribution < 1.29 is 28.6 Å². The van der Waals surface area contributed by atoms with Gasteiger partial charge in [-0.25, -0.2) is 8.78 Å². The van der Waals surface area contributed by atoms with E-state index in [9.17, 15) is 28.6 Å². The molecule has 0 aliphatic carbocycles. The summed E-state index contributed by atoms with van der Waals surface area (Å²) in [6.07, 6.45) is -0.379. The number of hydrogen-bond acceptors (Lipinski definition) is 4. The first-order valence-corrected chi connectivity index (χ1v) is 7.83. The molecule has 0 bridgehead atoms. The summed E-state index contributed by atoms with van der Waals surface area (Å²) < 4.78 is 27.2. The Bertz CT molecular complexity index is 811. The summed E-state index contributed by atoms with van der Waals surface area (Å²) in [4.78, 5) is 22.4. The Labute approximate surface area is 149 Å². The minimum absolute atomic E-state index is 0.0677. The zero-order valence-electron chi connectivity index (χ0n) is 12.1. The summed E-state index contributed by atoms with van der Waals surface area (Å²) in [7, 11) is 0. The molecule has 0 spiro atoms. The third-order valence-corrected chi connectivity index (χ3v) is 3.99. The van der Waals surface area contributed by atoms with Crippen molar-refractivity contribution in [2.24, 2.45) is 0 Å². The average Bonchev–Trinajstić information content (AvgIpc) is 2.49. The predicted octanol–water partition coefficient (Wildman–Crippen LogP) is 1.81. The monoisotopic (exact) mass is 446 g/mol. The zero-order valence-corrected chi connectivity index (χ0v) is 14.3. The van der Waals surface area contributed by atoms with Gasteiger partial charge in [0.05, 0.1) is 9.13 Å². The third-order valence-electron chi connectivity index (χ3n) is 3.16. The highest BCUT2D eigenvalue weighted by Crippen LogP contribution is 2.32. The molecular weight excluding hydrogens is 435 g/mol. The topological polar surface area (TPSA) is 89.5 Å². The highest BCUT2D eigenvalue weighted by Gasteiger charge is 2.17. The van der Waals surface area contributed by atoms with Crippen molar-refractivity contribution >= 4 is 34.5 Å².